The number of rotatable bonds is 2. The minimum atomic E-state index is -4.45. The number of hydrogen-bond acceptors (Lipinski definition) is 4. The molecule has 0 saturated carbocycles. The zero-order valence-electron chi connectivity index (χ0n) is 13.4. The molecule has 9 heteroatoms. The van der Waals surface area contributed by atoms with Gasteiger partial charge in [-0.3, -0.25) is 9.89 Å². The third kappa shape index (κ3) is 3.61. The Morgan fingerprint density at radius 2 is 2.00 bits per heavy atom. The summed E-state index contributed by atoms with van der Waals surface area (Å²) in [6.07, 6.45) is -2.14. The van der Waals surface area contributed by atoms with E-state index in [4.69, 9.17) is 0 Å². The number of allylic oxidation sites excluding steroid dienone is 1. The van der Waals surface area contributed by atoms with Crippen molar-refractivity contribution in [3.63, 3.8) is 0 Å². The summed E-state index contributed by atoms with van der Waals surface area (Å²) in [4.78, 5) is 15.1. The van der Waals surface area contributed by atoms with E-state index in [1.165, 1.54) is 11.8 Å². The maximum atomic E-state index is 12.7. The Morgan fingerprint density at radius 3 is 2.58 bits per heavy atom. The van der Waals surface area contributed by atoms with E-state index in [0.717, 1.165) is 6.07 Å². The molecule has 1 aromatic rings. The number of nitrogens with one attached hydrogen (secondary N) is 2. The van der Waals surface area contributed by atoms with Crippen LogP contribution < -0.4 is 5.32 Å². The van der Waals surface area contributed by atoms with Crippen molar-refractivity contribution in [1.82, 2.24) is 20.4 Å². The summed E-state index contributed by atoms with van der Waals surface area (Å²) < 4.78 is 37.9. The highest BCUT2D eigenvalue weighted by Gasteiger charge is 2.36. The molecular formula is C15H19F3N4OS. The molecule has 2 aliphatic heterocycles. The van der Waals surface area contributed by atoms with Crippen molar-refractivity contribution < 1.29 is 18.0 Å². The molecule has 3 atom stereocenters. The maximum absolute atomic E-state index is 12.7. The van der Waals surface area contributed by atoms with E-state index in [0.29, 0.717) is 24.4 Å². The normalized spacial score (nSPS) is 28.1. The lowest BCUT2D eigenvalue weighted by molar-refractivity contribution is -0.141. The van der Waals surface area contributed by atoms with E-state index >= 15 is 0 Å². The van der Waals surface area contributed by atoms with Crippen molar-refractivity contribution in [3.8, 4) is 0 Å². The lowest BCUT2D eigenvalue weighted by Gasteiger charge is -2.37. The van der Waals surface area contributed by atoms with Crippen LogP contribution in [0.25, 0.3) is 4.91 Å². The first-order valence-electron chi connectivity index (χ1n) is 7.78. The second-order valence-corrected chi connectivity index (χ2v) is 7.53. The summed E-state index contributed by atoms with van der Waals surface area (Å²) in [6.45, 7) is 5.36. The average Bonchev–Trinajstić information content (AvgIpc) is 3.13. The van der Waals surface area contributed by atoms with Crippen LogP contribution in [-0.4, -0.2) is 51.4 Å². The summed E-state index contributed by atoms with van der Waals surface area (Å²) in [5.41, 5.74) is -0.636. The van der Waals surface area contributed by atoms with Gasteiger partial charge in [-0.25, -0.2) is 0 Å². The number of aromatic amines is 1. The highest BCUT2D eigenvalue weighted by atomic mass is 32.2. The van der Waals surface area contributed by atoms with Crippen LogP contribution in [0.3, 0.4) is 0 Å². The number of halogens is 3. The van der Waals surface area contributed by atoms with Crippen LogP contribution in [0.2, 0.25) is 0 Å². The van der Waals surface area contributed by atoms with E-state index in [1.54, 1.807) is 6.08 Å². The van der Waals surface area contributed by atoms with Gasteiger partial charge in [0.15, 0.2) is 0 Å². The van der Waals surface area contributed by atoms with Crippen molar-refractivity contribution in [2.24, 2.45) is 0 Å². The van der Waals surface area contributed by atoms with Gasteiger partial charge in [-0.2, -0.15) is 18.3 Å². The molecule has 0 bridgehead atoms. The molecule has 1 aromatic heterocycles. The van der Waals surface area contributed by atoms with Gasteiger partial charge in [-0.15, -0.1) is 11.8 Å². The van der Waals surface area contributed by atoms with Gasteiger partial charge in [0, 0.05) is 30.1 Å². The molecule has 0 spiro atoms. The number of H-pyrrole nitrogens is 1. The topological polar surface area (TPSA) is 61.0 Å². The molecule has 3 rings (SSSR count). The van der Waals surface area contributed by atoms with Gasteiger partial charge in [0.25, 0.3) is 0 Å². The van der Waals surface area contributed by atoms with Gasteiger partial charge >= 0.3 is 6.18 Å². The number of thioether (sulfide) groups is 1. The van der Waals surface area contributed by atoms with Gasteiger partial charge in [0.05, 0.1) is 10.9 Å². The van der Waals surface area contributed by atoms with E-state index in [9.17, 15) is 18.0 Å². The van der Waals surface area contributed by atoms with Crippen LogP contribution in [0, 0.1) is 0 Å². The summed E-state index contributed by atoms with van der Waals surface area (Å²) in [5.74, 6) is 0.0398. The largest absolute Gasteiger partial charge is 0.432 e. The zero-order chi connectivity index (χ0) is 17.5. The highest BCUT2D eigenvalue weighted by Crippen LogP contribution is 2.40. The standard InChI is InChI=1S/C15H19F3N4OS/c1-8-6-22(7-9(2)19-8)14(23)12-4-3-11(24-12)10-5-13(21-20-10)15(16,17)18/h3,5,8-9,12,19H,4,6-7H2,1-2H3,(H,20,21)/t8-,9+,12-/m0/s1. The van der Waals surface area contributed by atoms with E-state index < -0.39 is 11.9 Å². The van der Waals surface area contributed by atoms with Crippen LogP contribution >= 0.6 is 11.8 Å². The molecule has 0 aliphatic carbocycles. The molecular weight excluding hydrogens is 341 g/mol. The second kappa shape index (κ2) is 6.44. The van der Waals surface area contributed by atoms with Crippen LogP contribution in [0.15, 0.2) is 12.1 Å². The van der Waals surface area contributed by atoms with Crippen molar-refractivity contribution in [2.45, 2.75) is 43.8 Å². The second-order valence-electron chi connectivity index (χ2n) is 6.29. The number of carbonyl (C=O) groups is 1. The number of hydrogen-bond donors (Lipinski definition) is 2. The van der Waals surface area contributed by atoms with Gasteiger partial charge in [0.2, 0.25) is 5.91 Å². The predicted molar refractivity (Wildman–Crippen MR) is 86.2 cm³/mol. The molecule has 24 heavy (non-hydrogen) atoms. The number of nitrogens with zero attached hydrogens (tertiary/aromatic N) is 2. The van der Waals surface area contributed by atoms with E-state index in [1.807, 2.05) is 23.8 Å². The quantitative estimate of drug-likeness (QED) is 0.851. The highest BCUT2D eigenvalue weighted by molar-refractivity contribution is 8.09. The van der Waals surface area contributed by atoms with Gasteiger partial charge in [-0.05, 0) is 26.3 Å². The molecule has 0 radical (unpaired) electrons. The molecule has 2 N–H and O–H groups in total. The third-order valence-corrected chi connectivity index (χ3v) is 5.38. The molecule has 132 valence electrons. The van der Waals surface area contributed by atoms with Crippen LogP contribution in [0.4, 0.5) is 13.2 Å². The van der Waals surface area contributed by atoms with Gasteiger partial charge in [-0.1, -0.05) is 6.08 Å². The lowest BCUT2D eigenvalue weighted by Crippen LogP contribution is -2.57. The number of piperazine rings is 1. The Hall–Kier alpha value is -1.48. The Balaban J connectivity index is 1.64. The molecule has 5 nitrogen and oxygen atoms in total. The van der Waals surface area contributed by atoms with Gasteiger partial charge < -0.3 is 10.2 Å². The lowest BCUT2D eigenvalue weighted by atomic mass is 10.1. The zero-order valence-corrected chi connectivity index (χ0v) is 14.2. The monoisotopic (exact) mass is 360 g/mol. The van der Waals surface area contributed by atoms with Crippen LogP contribution in [0.1, 0.15) is 31.7 Å². The molecule has 0 aromatic carbocycles. The molecule has 2 aliphatic rings. The minimum Gasteiger partial charge on any atom is -0.339 e. The van der Waals surface area contributed by atoms with Crippen molar-refractivity contribution >= 4 is 22.6 Å². The Morgan fingerprint density at radius 1 is 1.33 bits per heavy atom. The molecule has 3 heterocycles. The van der Waals surface area contributed by atoms with Gasteiger partial charge in [0.1, 0.15) is 5.69 Å². The summed E-state index contributed by atoms with van der Waals surface area (Å²) in [6, 6.07) is 1.45. The fourth-order valence-corrected chi connectivity index (χ4v) is 4.25. The summed E-state index contributed by atoms with van der Waals surface area (Å²) >= 11 is 1.29. The number of amides is 1. The first-order valence-corrected chi connectivity index (χ1v) is 8.66. The van der Waals surface area contributed by atoms with Crippen molar-refractivity contribution in [2.75, 3.05) is 13.1 Å². The van der Waals surface area contributed by atoms with Crippen LogP contribution in [-0.2, 0) is 11.0 Å². The SMILES string of the molecule is C[C@@H]1CN(C(=O)[C@@H]2CC=C(c3cc(C(F)(F)F)[nH]n3)S2)C[C@H](C)N1. The predicted octanol–water partition coefficient (Wildman–Crippen LogP) is 2.48. The van der Waals surface area contributed by atoms with Crippen molar-refractivity contribution in [3.05, 3.63) is 23.5 Å². The molecule has 1 saturated heterocycles. The summed E-state index contributed by atoms with van der Waals surface area (Å²) in [5, 5.41) is 8.82. The number of aromatic nitrogens is 2. The molecule has 1 amide bonds. The average molecular weight is 360 g/mol. The Labute approximate surface area is 142 Å². The van der Waals surface area contributed by atoms with Crippen molar-refractivity contribution in [1.29, 1.82) is 0 Å². The molecule has 1 fully saturated rings. The van der Waals surface area contributed by atoms with E-state index in [2.05, 4.69) is 10.4 Å². The minimum absolute atomic E-state index is 0.0398. The first-order chi connectivity index (χ1) is 11.2. The molecule has 0 unspecified atom stereocenters. The first kappa shape index (κ1) is 17.3. The van der Waals surface area contributed by atoms with E-state index in [-0.39, 0.29) is 28.9 Å². The number of carbonyl (C=O) groups excluding carboxylic acids is 1. The fraction of sp³-hybridized carbons (Fsp3) is 0.600. The number of alkyl halides is 3. The third-order valence-electron chi connectivity index (χ3n) is 4.07. The van der Waals surface area contributed by atoms with Crippen LogP contribution in [0.5, 0.6) is 0 Å². The fourth-order valence-electron chi connectivity index (χ4n) is 3.08. The maximum Gasteiger partial charge on any atom is 0.432 e. The summed E-state index contributed by atoms with van der Waals surface area (Å²) in [7, 11) is 0. The Bertz CT molecular complexity index is 647. The smallest absolute Gasteiger partial charge is 0.339 e. The Kier molecular flexibility index (Phi) is 4.65.